The minimum atomic E-state index is -0.529. The molecule has 0 saturated carbocycles. The van der Waals surface area contributed by atoms with E-state index in [4.69, 9.17) is 5.73 Å². The van der Waals surface area contributed by atoms with Gasteiger partial charge in [-0.15, -0.1) is 0 Å². The molecule has 2 unspecified atom stereocenters. The quantitative estimate of drug-likeness (QED) is 0.391. The van der Waals surface area contributed by atoms with Crippen molar-refractivity contribution in [1.82, 2.24) is 15.2 Å². The van der Waals surface area contributed by atoms with Crippen LogP contribution in [0.15, 0.2) is 97.2 Å². The average Bonchev–Trinajstić information content (AvgIpc) is 2.93. The Labute approximate surface area is 213 Å². The van der Waals surface area contributed by atoms with E-state index in [0.29, 0.717) is 19.0 Å². The number of nitrogens with one attached hydrogen (secondary N) is 1. The van der Waals surface area contributed by atoms with Gasteiger partial charge in [-0.05, 0) is 54.5 Å². The van der Waals surface area contributed by atoms with Crippen molar-refractivity contribution in [2.75, 3.05) is 6.54 Å². The smallest absolute Gasteiger partial charge is 0.240 e. The fourth-order valence-electron chi connectivity index (χ4n) is 5.34. The van der Waals surface area contributed by atoms with Crippen LogP contribution < -0.4 is 11.1 Å². The fraction of sp³-hybridized carbons (Fsp3) is 0.290. The van der Waals surface area contributed by atoms with Crippen molar-refractivity contribution in [3.8, 4) is 0 Å². The Morgan fingerprint density at radius 1 is 0.944 bits per heavy atom. The molecule has 0 bridgehead atoms. The van der Waals surface area contributed by atoms with Gasteiger partial charge in [0.25, 0.3) is 0 Å². The molecule has 1 aliphatic heterocycles. The van der Waals surface area contributed by atoms with E-state index in [-0.39, 0.29) is 11.9 Å². The Bertz CT molecular complexity index is 1270. The highest BCUT2D eigenvalue weighted by atomic mass is 16.2. The maximum Gasteiger partial charge on any atom is 0.240 e. The van der Waals surface area contributed by atoms with Gasteiger partial charge in [0.1, 0.15) is 0 Å². The van der Waals surface area contributed by atoms with E-state index in [0.717, 1.165) is 36.9 Å². The summed E-state index contributed by atoms with van der Waals surface area (Å²) in [6.45, 7) is 1.50. The normalized spacial score (nSPS) is 18.8. The van der Waals surface area contributed by atoms with Crippen LogP contribution in [-0.2, 0) is 24.2 Å². The van der Waals surface area contributed by atoms with Crippen molar-refractivity contribution in [3.05, 3.63) is 114 Å². The lowest BCUT2D eigenvalue weighted by Crippen LogP contribution is -2.56. The first kappa shape index (κ1) is 24.2. The molecule has 1 saturated heterocycles. The molecule has 5 heteroatoms. The van der Waals surface area contributed by atoms with Crippen molar-refractivity contribution < 1.29 is 4.79 Å². The summed E-state index contributed by atoms with van der Waals surface area (Å²) in [7, 11) is 0. The number of likely N-dealkylation sites (tertiary alicyclic amines) is 1. The zero-order valence-electron chi connectivity index (χ0n) is 20.6. The van der Waals surface area contributed by atoms with Gasteiger partial charge in [-0.25, -0.2) is 0 Å². The number of rotatable bonds is 8. The SMILES string of the molecule is N[C@H](Cc1ccccc1)C(=O)N1CCC(NCc2ccnc3ccccc23)CC1Cc1ccccc1. The van der Waals surface area contributed by atoms with Crippen molar-refractivity contribution in [3.63, 3.8) is 0 Å². The summed E-state index contributed by atoms with van der Waals surface area (Å²) >= 11 is 0. The second-order valence-corrected chi connectivity index (χ2v) is 9.76. The molecule has 1 aromatic heterocycles. The number of para-hydroxylation sites is 1. The largest absolute Gasteiger partial charge is 0.338 e. The Morgan fingerprint density at radius 3 is 2.42 bits per heavy atom. The number of pyridine rings is 1. The van der Waals surface area contributed by atoms with Gasteiger partial charge >= 0.3 is 0 Å². The summed E-state index contributed by atoms with van der Waals surface area (Å²) < 4.78 is 0. The van der Waals surface area contributed by atoms with Gasteiger partial charge < -0.3 is 16.0 Å². The number of piperidine rings is 1. The van der Waals surface area contributed by atoms with Crippen LogP contribution in [0.5, 0.6) is 0 Å². The van der Waals surface area contributed by atoms with Crippen LogP contribution >= 0.6 is 0 Å². The lowest BCUT2D eigenvalue weighted by molar-refractivity contribution is -0.136. The van der Waals surface area contributed by atoms with Gasteiger partial charge in [-0.3, -0.25) is 9.78 Å². The summed E-state index contributed by atoms with van der Waals surface area (Å²) in [5.41, 5.74) is 11.1. The number of carbonyl (C=O) groups is 1. The summed E-state index contributed by atoms with van der Waals surface area (Å²) in [6.07, 6.45) is 5.10. The molecule has 1 amide bonds. The van der Waals surface area contributed by atoms with Crippen LogP contribution in [0.3, 0.4) is 0 Å². The van der Waals surface area contributed by atoms with Gasteiger partial charge in [0.15, 0.2) is 0 Å². The van der Waals surface area contributed by atoms with Crippen molar-refractivity contribution >= 4 is 16.8 Å². The molecule has 3 aromatic carbocycles. The molecule has 5 nitrogen and oxygen atoms in total. The molecule has 4 aromatic rings. The first-order valence-electron chi connectivity index (χ1n) is 12.9. The lowest BCUT2D eigenvalue weighted by atomic mass is 9.91. The molecular formula is C31H34N4O. The highest BCUT2D eigenvalue weighted by Crippen LogP contribution is 2.24. The van der Waals surface area contributed by atoms with E-state index in [1.54, 1.807) is 0 Å². The third-order valence-corrected chi connectivity index (χ3v) is 7.25. The number of nitrogens with zero attached hydrogens (tertiary/aromatic N) is 2. The molecule has 3 N–H and O–H groups in total. The van der Waals surface area contributed by atoms with Crippen molar-refractivity contribution in [1.29, 1.82) is 0 Å². The molecule has 5 rings (SSSR count). The number of aromatic nitrogens is 1. The minimum absolute atomic E-state index is 0.0540. The van der Waals surface area contributed by atoms with Crippen LogP contribution in [0.1, 0.15) is 29.5 Å². The second kappa shape index (κ2) is 11.5. The van der Waals surface area contributed by atoms with E-state index < -0.39 is 6.04 Å². The maximum atomic E-state index is 13.5. The minimum Gasteiger partial charge on any atom is -0.338 e. The van der Waals surface area contributed by atoms with Gasteiger partial charge in [0.2, 0.25) is 5.91 Å². The molecule has 36 heavy (non-hydrogen) atoms. The van der Waals surface area contributed by atoms with Gasteiger partial charge in [-0.2, -0.15) is 0 Å². The van der Waals surface area contributed by atoms with E-state index in [1.807, 2.05) is 53.6 Å². The van der Waals surface area contributed by atoms with Crippen LogP contribution in [0.25, 0.3) is 10.9 Å². The number of benzene rings is 3. The predicted octanol–water partition coefficient (Wildman–Crippen LogP) is 4.50. The molecule has 0 spiro atoms. The molecule has 1 fully saturated rings. The molecule has 2 heterocycles. The monoisotopic (exact) mass is 478 g/mol. The van der Waals surface area contributed by atoms with Gasteiger partial charge in [0.05, 0.1) is 11.6 Å². The Hall–Kier alpha value is -3.54. The second-order valence-electron chi connectivity index (χ2n) is 9.76. The predicted molar refractivity (Wildman–Crippen MR) is 145 cm³/mol. The summed E-state index contributed by atoms with van der Waals surface area (Å²) in [4.78, 5) is 20.0. The number of fused-ring (bicyclic) bond motifs is 1. The average molecular weight is 479 g/mol. The summed E-state index contributed by atoms with van der Waals surface area (Å²) in [5.74, 6) is 0.0540. The molecule has 0 radical (unpaired) electrons. The van der Waals surface area contributed by atoms with Crippen LogP contribution in [0.2, 0.25) is 0 Å². The summed E-state index contributed by atoms with van der Waals surface area (Å²) in [6, 6.07) is 30.8. The molecule has 1 aliphatic rings. The number of carbonyl (C=O) groups excluding carboxylic acids is 1. The van der Waals surface area contributed by atoms with Crippen LogP contribution in [-0.4, -0.2) is 40.5 Å². The Balaban J connectivity index is 1.28. The molecular weight excluding hydrogens is 444 g/mol. The third-order valence-electron chi connectivity index (χ3n) is 7.25. The van der Waals surface area contributed by atoms with Crippen LogP contribution in [0.4, 0.5) is 0 Å². The first-order valence-corrected chi connectivity index (χ1v) is 12.9. The van der Waals surface area contributed by atoms with E-state index in [9.17, 15) is 4.79 Å². The molecule has 0 aliphatic carbocycles. The maximum absolute atomic E-state index is 13.5. The zero-order valence-corrected chi connectivity index (χ0v) is 20.6. The van der Waals surface area contributed by atoms with Crippen molar-refractivity contribution in [2.24, 2.45) is 5.73 Å². The van der Waals surface area contributed by atoms with Gasteiger partial charge in [0, 0.05) is 36.8 Å². The number of hydrogen-bond acceptors (Lipinski definition) is 4. The number of hydrogen-bond donors (Lipinski definition) is 2. The summed E-state index contributed by atoms with van der Waals surface area (Å²) in [5, 5.41) is 4.97. The Kier molecular flexibility index (Phi) is 7.70. The Morgan fingerprint density at radius 2 is 1.64 bits per heavy atom. The molecule has 3 atom stereocenters. The first-order chi connectivity index (χ1) is 17.7. The highest BCUT2D eigenvalue weighted by molar-refractivity contribution is 5.83. The van der Waals surface area contributed by atoms with Crippen molar-refractivity contribution in [2.45, 2.75) is 50.4 Å². The zero-order chi connectivity index (χ0) is 24.7. The van der Waals surface area contributed by atoms with E-state index in [2.05, 4.69) is 58.8 Å². The van der Waals surface area contributed by atoms with E-state index in [1.165, 1.54) is 16.5 Å². The van der Waals surface area contributed by atoms with Gasteiger partial charge in [-0.1, -0.05) is 78.9 Å². The molecule has 184 valence electrons. The highest BCUT2D eigenvalue weighted by Gasteiger charge is 2.33. The fourth-order valence-corrected chi connectivity index (χ4v) is 5.34. The third kappa shape index (κ3) is 5.81. The topological polar surface area (TPSA) is 71.2 Å². The van der Waals surface area contributed by atoms with E-state index >= 15 is 0 Å². The lowest BCUT2D eigenvalue weighted by Gasteiger charge is -2.41. The van der Waals surface area contributed by atoms with Crippen LogP contribution in [0, 0.1) is 0 Å². The number of nitrogens with two attached hydrogens (primary N) is 1. The number of amides is 1. The standard InChI is InChI=1S/C31H34N4O/c32-29(20-24-11-5-2-6-12-24)31(36)35-18-16-26(21-27(35)19-23-9-3-1-4-10-23)34-22-25-15-17-33-30-14-8-7-13-28(25)30/h1-15,17,26-27,29,34H,16,18-22,32H2/t26?,27?,29-/m1/s1.